The summed E-state index contributed by atoms with van der Waals surface area (Å²) in [7, 11) is 0. The van der Waals surface area contributed by atoms with E-state index in [1.54, 1.807) is 0 Å². The Bertz CT molecular complexity index is 2640. The highest BCUT2D eigenvalue weighted by Gasteiger charge is 2.18. The van der Waals surface area contributed by atoms with Crippen LogP contribution >= 0.6 is 0 Å². The van der Waals surface area contributed by atoms with Gasteiger partial charge in [0.05, 0.1) is 0 Å². The summed E-state index contributed by atoms with van der Waals surface area (Å²) in [6.45, 7) is 11.4. The van der Waals surface area contributed by atoms with Crippen molar-refractivity contribution in [2.24, 2.45) is 11.8 Å². The molecule has 6 aromatic carbocycles. The molecule has 3 heterocycles. The molecule has 5 heteroatoms. The van der Waals surface area contributed by atoms with E-state index in [9.17, 15) is 0 Å². The molecule has 0 aliphatic rings. The standard InChI is InChI=1S/C54H56N4O/c1-5-9-15-37(7-3)35-57-49-19-13-11-17-45(49)47-33-43(29-31-51(47)57)39-21-25-41(26-22-39)53-55-56-54(59-53)42-27-23-40(24-28-42)44-30-32-52-48(34-44)46-18-12-14-20-50(46)58(52)36-38(8-4)16-10-6-2/h11-14,17-34,37-38H,5-10,15-16,35-36H2,1-4H3. The molecule has 0 aliphatic carbocycles. The monoisotopic (exact) mass is 776 g/mol. The maximum atomic E-state index is 6.27. The average Bonchev–Trinajstić information content (AvgIpc) is 4.00. The maximum absolute atomic E-state index is 6.27. The van der Waals surface area contributed by atoms with Gasteiger partial charge >= 0.3 is 0 Å². The lowest BCUT2D eigenvalue weighted by Gasteiger charge is -2.17. The number of hydrogen-bond donors (Lipinski definition) is 0. The van der Waals surface area contributed by atoms with Crippen LogP contribution in [0.4, 0.5) is 0 Å². The van der Waals surface area contributed by atoms with Crippen molar-refractivity contribution >= 4 is 43.6 Å². The van der Waals surface area contributed by atoms with Gasteiger partial charge in [-0.1, -0.05) is 139 Å². The van der Waals surface area contributed by atoms with E-state index in [0.29, 0.717) is 23.6 Å². The third-order valence-corrected chi connectivity index (χ3v) is 12.9. The van der Waals surface area contributed by atoms with Crippen molar-refractivity contribution in [3.8, 4) is 45.2 Å². The third-order valence-electron chi connectivity index (χ3n) is 12.9. The Hall–Kier alpha value is -5.94. The quantitative estimate of drug-likeness (QED) is 0.0982. The minimum absolute atomic E-state index is 0.518. The first kappa shape index (κ1) is 38.6. The van der Waals surface area contributed by atoms with Crippen LogP contribution in [0.1, 0.15) is 79.1 Å². The Kier molecular flexibility index (Phi) is 11.2. The van der Waals surface area contributed by atoms with Gasteiger partial charge in [-0.05, 0) is 108 Å². The van der Waals surface area contributed by atoms with E-state index in [1.807, 2.05) is 0 Å². The van der Waals surface area contributed by atoms with Crippen molar-refractivity contribution in [2.75, 3.05) is 0 Å². The van der Waals surface area contributed by atoms with Gasteiger partial charge in [-0.2, -0.15) is 0 Å². The molecule has 5 nitrogen and oxygen atoms in total. The van der Waals surface area contributed by atoms with Crippen LogP contribution < -0.4 is 0 Å². The summed E-state index contributed by atoms with van der Waals surface area (Å²) in [5, 5.41) is 14.2. The van der Waals surface area contributed by atoms with Crippen LogP contribution in [0, 0.1) is 11.8 Å². The first-order chi connectivity index (χ1) is 29.1. The van der Waals surface area contributed by atoms with Crippen molar-refractivity contribution in [1.82, 2.24) is 19.3 Å². The number of benzene rings is 6. The second kappa shape index (κ2) is 17.1. The molecule has 0 radical (unpaired) electrons. The first-order valence-corrected chi connectivity index (χ1v) is 22.1. The van der Waals surface area contributed by atoms with Gasteiger partial charge in [0, 0.05) is 67.8 Å². The first-order valence-electron chi connectivity index (χ1n) is 22.1. The van der Waals surface area contributed by atoms with Crippen LogP contribution in [0.2, 0.25) is 0 Å². The Balaban J connectivity index is 0.934. The molecule has 59 heavy (non-hydrogen) atoms. The fraction of sp³-hybridized carbons (Fsp3) is 0.296. The molecule has 0 aliphatic heterocycles. The SMILES string of the molecule is CCCCC(CC)Cn1c2ccccc2c2cc(-c3ccc(-c4nnc(-c5ccc(-c6ccc7c(c6)c6ccccc6n7CC(CC)CCCC)cc5)o4)cc3)ccc21. The van der Waals surface area contributed by atoms with E-state index in [-0.39, 0.29) is 0 Å². The van der Waals surface area contributed by atoms with E-state index in [0.717, 1.165) is 35.3 Å². The molecule has 3 aromatic heterocycles. The molecule has 0 saturated heterocycles. The molecule has 2 unspecified atom stereocenters. The fourth-order valence-electron chi connectivity index (χ4n) is 9.28. The number of rotatable bonds is 16. The summed E-state index contributed by atoms with van der Waals surface area (Å²) in [6, 6.07) is 48.6. The molecule has 0 amide bonds. The Morgan fingerprint density at radius 3 is 1.20 bits per heavy atom. The van der Waals surface area contributed by atoms with Crippen LogP contribution in [0.5, 0.6) is 0 Å². The summed E-state index contributed by atoms with van der Waals surface area (Å²) in [4.78, 5) is 0. The van der Waals surface area contributed by atoms with Crippen molar-refractivity contribution < 1.29 is 4.42 Å². The summed E-state index contributed by atoms with van der Waals surface area (Å²) < 4.78 is 11.4. The van der Waals surface area contributed by atoms with E-state index in [2.05, 4.69) is 180 Å². The summed E-state index contributed by atoms with van der Waals surface area (Å²) >= 11 is 0. The van der Waals surface area contributed by atoms with Gasteiger partial charge in [-0.15, -0.1) is 10.2 Å². The average molecular weight is 777 g/mol. The fourth-order valence-corrected chi connectivity index (χ4v) is 9.28. The maximum Gasteiger partial charge on any atom is 0.248 e. The van der Waals surface area contributed by atoms with Crippen molar-refractivity contribution in [3.63, 3.8) is 0 Å². The number of aromatic nitrogens is 4. The lowest BCUT2D eigenvalue weighted by molar-refractivity contribution is 0.401. The van der Waals surface area contributed by atoms with Crippen molar-refractivity contribution in [1.29, 1.82) is 0 Å². The number of hydrogen-bond acceptors (Lipinski definition) is 3. The van der Waals surface area contributed by atoms with E-state index < -0.39 is 0 Å². The van der Waals surface area contributed by atoms with Crippen molar-refractivity contribution in [2.45, 2.75) is 92.2 Å². The van der Waals surface area contributed by atoms with Gasteiger partial charge in [0.2, 0.25) is 11.8 Å². The molecule has 9 aromatic rings. The zero-order chi connectivity index (χ0) is 40.3. The number of fused-ring (bicyclic) bond motifs is 6. The van der Waals surface area contributed by atoms with Crippen LogP contribution in [-0.4, -0.2) is 19.3 Å². The number of unbranched alkanes of at least 4 members (excludes halogenated alkanes) is 2. The lowest BCUT2D eigenvalue weighted by Crippen LogP contribution is -2.10. The van der Waals surface area contributed by atoms with E-state index in [1.165, 1.54) is 106 Å². The van der Waals surface area contributed by atoms with Gasteiger partial charge in [0.1, 0.15) is 0 Å². The molecule has 0 spiro atoms. The zero-order valence-electron chi connectivity index (χ0n) is 35.1. The predicted molar refractivity (Wildman–Crippen MR) is 249 cm³/mol. The molecule has 0 N–H and O–H groups in total. The van der Waals surface area contributed by atoms with Crippen LogP contribution in [0.25, 0.3) is 88.8 Å². The van der Waals surface area contributed by atoms with Crippen LogP contribution in [0.3, 0.4) is 0 Å². The molecular weight excluding hydrogens is 721 g/mol. The third kappa shape index (κ3) is 7.60. The normalized spacial score (nSPS) is 12.9. The predicted octanol–water partition coefficient (Wildman–Crippen LogP) is 15.4. The molecule has 0 saturated carbocycles. The van der Waals surface area contributed by atoms with Gasteiger partial charge < -0.3 is 13.6 Å². The highest BCUT2D eigenvalue weighted by Crippen LogP contribution is 2.37. The molecule has 0 fully saturated rings. The lowest BCUT2D eigenvalue weighted by atomic mass is 9.99. The Morgan fingerprint density at radius 2 is 0.797 bits per heavy atom. The second-order valence-corrected chi connectivity index (χ2v) is 16.6. The molecular formula is C54H56N4O. The molecule has 2 atom stereocenters. The van der Waals surface area contributed by atoms with Gasteiger partial charge in [-0.3, -0.25) is 0 Å². The van der Waals surface area contributed by atoms with Gasteiger partial charge in [-0.25, -0.2) is 0 Å². The minimum atomic E-state index is 0.518. The Labute approximate surface area is 348 Å². The van der Waals surface area contributed by atoms with Crippen LogP contribution in [-0.2, 0) is 13.1 Å². The molecule has 298 valence electrons. The topological polar surface area (TPSA) is 48.8 Å². The van der Waals surface area contributed by atoms with Crippen molar-refractivity contribution in [3.05, 3.63) is 133 Å². The van der Waals surface area contributed by atoms with Gasteiger partial charge in [0.25, 0.3) is 0 Å². The summed E-state index contributed by atoms with van der Waals surface area (Å²) in [6.07, 6.45) is 10.0. The second-order valence-electron chi connectivity index (χ2n) is 16.6. The molecule has 0 bridgehead atoms. The highest BCUT2D eigenvalue weighted by atomic mass is 16.4. The largest absolute Gasteiger partial charge is 0.416 e. The van der Waals surface area contributed by atoms with Crippen LogP contribution in [0.15, 0.2) is 138 Å². The zero-order valence-corrected chi connectivity index (χ0v) is 35.1. The van der Waals surface area contributed by atoms with Gasteiger partial charge in [0.15, 0.2) is 0 Å². The smallest absolute Gasteiger partial charge is 0.248 e. The minimum Gasteiger partial charge on any atom is -0.416 e. The molecule has 9 rings (SSSR count). The number of para-hydroxylation sites is 2. The summed E-state index contributed by atoms with van der Waals surface area (Å²) in [5.74, 6) is 2.41. The summed E-state index contributed by atoms with van der Waals surface area (Å²) in [5.41, 5.74) is 11.8. The number of nitrogens with zero attached hydrogens (tertiary/aromatic N) is 4. The van der Waals surface area contributed by atoms with E-state index in [4.69, 9.17) is 4.42 Å². The highest BCUT2D eigenvalue weighted by molar-refractivity contribution is 6.10. The van der Waals surface area contributed by atoms with E-state index >= 15 is 0 Å². The Morgan fingerprint density at radius 1 is 0.424 bits per heavy atom.